The maximum atomic E-state index is 11.9. The highest BCUT2D eigenvalue weighted by Crippen LogP contribution is 2.22. The fraction of sp³-hybridized carbons (Fsp3) is 0.250. The zero-order chi connectivity index (χ0) is 14.2. The molecule has 7 heteroatoms. The van der Waals surface area contributed by atoms with Gasteiger partial charge in [0.25, 0.3) is 16.0 Å². The zero-order valence-corrected chi connectivity index (χ0v) is 11.3. The van der Waals surface area contributed by atoms with Crippen LogP contribution in [0.25, 0.3) is 10.9 Å². The lowest BCUT2D eigenvalue weighted by Gasteiger charge is -2.08. The quantitative estimate of drug-likeness (QED) is 0.827. The van der Waals surface area contributed by atoms with Crippen molar-refractivity contribution in [1.29, 1.82) is 0 Å². The topological polar surface area (TPSA) is 102 Å². The van der Waals surface area contributed by atoms with Crippen LogP contribution in [-0.4, -0.2) is 25.4 Å². The third-order valence-corrected chi connectivity index (χ3v) is 3.94. The standard InChI is InChI=1S/C12H14N2O4S/c1-7(2)18-19(16,17)9-3-4-10-8(5-9)6-11(14-10)12(13)15/h3-7,14H,1-2H3,(H2,13,15). The fourth-order valence-electron chi connectivity index (χ4n) is 1.71. The molecule has 102 valence electrons. The van der Waals surface area contributed by atoms with Gasteiger partial charge in [-0.2, -0.15) is 8.42 Å². The molecule has 0 aliphatic carbocycles. The third kappa shape index (κ3) is 2.77. The number of aromatic amines is 1. The molecule has 2 rings (SSSR count). The lowest BCUT2D eigenvalue weighted by atomic mass is 10.2. The molecule has 0 aliphatic rings. The largest absolute Gasteiger partial charge is 0.364 e. The molecule has 0 radical (unpaired) electrons. The summed E-state index contributed by atoms with van der Waals surface area (Å²) in [7, 11) is -3.79. The lowest BCUT2D eigenvalue weighted by molar-refractivity contribution is 0.0996. The molecule has 0 saturated carbocycles. The van der Waals surface area contributed by atoms with Gasteiger partial charge in [0.2, 0.25) is 0 Å². The van der Waals surface area contributed by atoms with Crippen LogP contribution < -0.4 is 5.73 Å². The van der Waals surface area contributed by atoms with E-state index in [0.29, 0.717) is 10.9 Å². The number of rotatable bonds is 4. The zero-order valence-electron chi connectivity index (χ0n) is 10.5. The van der Waals surface area contributed by atoms with Crippen molar-refractivity contribution in [2.24, 2.45) is 5.73 Å². The highest BCUT2D eigenvalue weighted by Gasteiger charge is 2.18. The molecule has 0 bridgehead atoms. The molecule has 3 N–H and O–H groups in total. The van der Waals surface area contributed by atoms with Gasteiger partial charge in [-0.1, -0.05) is 0 Å². The molecular weight excluding hydrogens is 268 g/mol. The number of aromatic nitrogens is 1. The van der Waals surface area contributed by atoms with E-state index in [1.807, 2.05) is 0 Å². The van der Waals surface area contributed by atoms with Crippen molar-refractivity contribution in [3.8, 4) is 0 Å². The number of nitrogens with two attached hydrogens (primary N) is 1. The molecule has 1 aromatic heterocycles. The predicted octanol–water partition coefficient (Wildman–Crippen LogP) is 1.38. The average molecular weight is 282 g/mol. The van der Waals surface area contributed by atoms with E-state index >= 15 is 0 Å². The molecule has 0 unspecified atom stereocenters. The number of H-pyrrole nitrogens is 1. The molecular formula is C12H14N2O4S. The van der Waals surface area contributed by atoms with Gasteiger partial charge in [-0.3, -0.25) is 8.98 Å². The Morgan fingerprint density at radius 2 is 2.00 bits per heavy atom. The average Bonchev–Trinajstić information content (AvgIpc) is 2.69. The van der Waals surface area contributed by atoms with Gasteiger partial charge in [-0.05, 0) is 38.1 Å². The van der Waals surface area contributed by atoms with Crippen LogP contribution in [0.2, 0.25) is 0 Å². The first kappa shape index (κ1) is 13.6. The Morgan fingerprint density at radius 1 is 1.32 bits per heavy atom. The molecule has 0 fully saturated rings. The number of carbonyl (C=O) groups is 1. The van der Waals surface area contributed by atoms with E-state index in [-0.39, 0.29) is 10.6 Å². The van der Waals surface area contributed by atoms with Gasteiger partial charge in [0.15, 0.2) is 0 Å². The lowest BCUT2D eigenvalue weighted by Crippen LogP contribution is -2.12. The summed E-state index contributed by atoms with van der Waals surface area (Å²) in [6.07, 6.45) is -0.437. The summed E-state index contributed by atoms with van der Waals surface area (Å²) in [6, 6.07) is 5.93. The second-order valence-corrected chi connectivity index (χ2v) is 5.97. The van der Waals surface area contributed by atoms with Crippen molar-refractivity contribution in [3.63, 3.8) is 0 Å². The summed E-state index contributed by atoms with van der Waals surface area (Å²) in [5.41, 5.74) is 6.02. The summed E-state index contributed by atoms with van der Waals surface area (Å²) in [5, 5.41) is 0.585. The monoisotopic (exact) mass is 282 g/mol. The number of hydrogen-bond acceptors (Lipinski definition) is 4. The second-order valence-electron chi connectivity index (χ2n) is 4.40. The van der Waals surface area contributed by atoms with Crippen LogP contribution in [0.15, 0.2) is 29.2 Å². The van der Waals surface area contributed by atoms with E-state index in [0.717, 1.165) is 0 Å². The minimum atomic E-state index is -3.79. The number of carbonyl (C=O) groups excluding carboxylic acids is 1. The Hall–Kier alpha value is -1.86. The van der Waals surface area contributed by atoms with Crippen LogP contribution in [0.1, 0.15) is 24.3 Å². The normalized spacial score (nSPS) is 12.2. The maximum absolute atomic E-state index is 11.9. The van der Waals surface area contributed by atoms with Crippen LogP contribution in [0.5, 0.6) is 0 Å². The number of primary amides is 1. The van der Waals surface area contributed by atoms with Crippen LogP contribution in [0, 0.1) is 0 Å². The Labute approximate surface area is 110 Å². The van der Waals surface area contributed by atoms with E-state index < -0.39 is 22.1 Å². The Morgan fingerprint density at radius 3 is 2.58 bits per heavy atom. The van der Waals surface area contributed by atoms with Crippen molar-refractivity contribution < 1.29 is 17.4 Å². The van der Waals surface area contributed by atoms with Crippen molar-refractivity contribution >= 4 is 26.9 Å². The third-order valence-electron chi connectivity index (χ3n) is 2.47. The van der Waals surface area contributed by atoms with Crippen molar-refractivity contribution in [2.75, 3.05) is 0 Å². The van der Waals surface area contributed by atoms with Gasteiger partial charge in [0, 0.05) is 10.9 Å². The van der Waals surface area contributed by atoms with Crippen LogP contribution >= 0.6 is 0 Å². The summed E-state index contributed by atoms with van der Waals surface area (Å²) < 4.78 is 28.7. The molecule has 1 heterocycles. The molecule has 1 aromatic carbocycles. The number of nitrogens with one attached hydrogen (secondary N) is 1. The van der Waals surface area contributed by atoms with Crippen LogP contribution in [-0.2, 0) is 14.3 Å². The summed E-state index contributed by atoms with van der Waals surface area (Å²) in [5.74, 6) is -0.598. The maximum Gasteiger partial charge on any atom is 0.297 e. The Bertz CT molecular complexity index is 731. The minimum absolute atomic E-state index is 0.0451. The summed E-state index contributed by atoms with van der Waals surface area (Å²) >= 11 is 0. The van der Waals surface area contributed by atoms with Gasteiger partial charge in [0.05, 0.1) is 11.0 Å². The van der Waals surface area contributed by atoms with E-state index in [1.165, 1.54) is 18.2 Å². The van der Waals surface area contributed by atoms with Crippen molar-refractivity contribution in [1.82, 2.24) is 4.98 Å². The molecule has 6 nitrogen and oxygen atoms in total. The van der Waals surface area contributed by atoms with E-state index in [4.69, 9.17) is 9.92 Å². The smallest absolute Gasteiger partial charge is 0.297 e. The Balaban J connectivity index is 2.50. The minimum Gasteiger partial charge on any atom is -0.364 e. The summed E-state index contributed by atoms with van der Waals surface area (Å²) in [6.45, 7) is 3.27. The van der Waals surface area contributed by atoms with Crippen LogP contribution in [0.3, 0.4) is 0 Å². The molecule has 0 aliphatic heterocycles. The van der Waals surface area contributed by atoms with Gasteiger partial charge in [-0.15, -0.1) is 0 Å². The number of fused-ring (bicyclic) bond motifs is 1. The molecule has 0 saturated heterocycles. The molecule has 0 spiro atoms. The predicted molar refractivity (Wildman–Crippen MR) is 70.2 cm³/mol. The summed E-state index contributed by atoms with van der Waals surface area (Å²) in [4.78, 5) is 13.9. The number of amides is 1. The van der Waals surface area contributed by atoms with E-state index in [1.54, 1.807) is 19.9 Å². The van der Waals surface area contributed by atoms with Gasteiger partial charge < -0.3 is 10.7 Å². The van der Waals surface area contributed by atoms with Gasteiger partial charge in [-0.25, -0.2) is 0 Å². The SMILES string of the molecule is CC(C)OS(=O)(=O)c1ccc2[nH]c(C(N)=O)cc2c1. The molecule has 1 amide bonds. The Kier molecular flexibility index (Phi) is 3.34. The van der Waals surface area contributed by atoms with Gasteiger partial charge in [0.1, 0.15) is 5.69 Å². The second kappa shape index (κ2) is 4.67. The first-order valence-corrected chi connectivity index (χ1v) is 7.06. The highest BCUT2D eigenvalue weighted by atomic mass is 32.2. The molecule has 2 aromatic rings. The first-order valence-electron chi connectivity index (χ1n) is 5.65. The number of benzene rings is 1. The van der Waals surface area contributed by atoms with Gasteiger partial charge >= 0.3 is 0 Å². The fourth-order valence-corrected chi connectivity index (χ4v) is 2.83. The first-order chi connectivity index (χ1) is 8.79. The van der Waals surface area contributed by atoms with Crippen molar-refractivity contribution in [3.05, 3.63) is 30.0 Å². The van der Waals surface area contributed by atoms with E-state index in [2.05, 4.69) is 4.98 Å². The molecule has 0 atom stereocenters. The number of hydrogen-bond donors (Lipinski definition) is 2. The van der Waals surface area contributed by atoms with E-state index in [9.17, 15) is 13.2 Å². The van der Waals surface area contributed by atoms with Crippen molar-refractivity contribution in [2.45, 2.75) is 24.8 Å². The highest BCUT2D eigenvalue weighted by molar-refractivity contribution is 7.86. The molecule has 19 heavy (non-hydrogen) atoms. The van der Waals surface area contributed by atoms with Crippen LogP contribution in [0.4, 0.5) is 0 Å².